The summed E-state index contributed by atoms with van der Waals surface area (Å²) in [6, 6.07) is 78.4. The molecule has 0 N–H and O–H groups in total. The molecule has 0 aliphatic carbocycles. The van der Waals surface area contributed by atoms with Gasteiger partial charge in [0.25, 0.3) is 0 Å². The highest BCUT2D eigenvalue weighted by Gasteiger charge is 2.25. The van der Waals surface area contributed by atoms with Gasteiger partial charge in [0.15, 0.2) is 11.6 Å². The van der Waals surface area contributed by atoms with Crippen molar-refractivity contribution in [1.29, 1.82) is 0 Å². The van der Waals surface area contributed by atoms with E-state index in [2.05, 4.69) is 197 Å². The molecule has 0 spiro atoms. The normalized spacial score (nSPS) is 12.0. The highest BCUT2D eigenvalue weighted by atomic mass is 16.3. The Labute approximate surface area is 399 Å². The monoisotopic (exact) mass is 895 g/mol. The highest BCUT2D eigenvalue weighted by Crippen LogP contribution is 2.44. The Balaban J connectivity index is 0.980. The predicted molar refractivity (Wildman–Crippen MR) is 285 cm³/mol. The number of para-hydroxylation sites is 3. The Hall–Kier alpha value is -9.59. The predicted octanol–water partition coefficient (Wildman–Crippen LogP) is 16.5. The molecule has 0 bridgehead atoms. The van der Waals surface area contributed by atoms with Crippen LogP contribution in [0, 0.1) is 0 Å². The Morgan fingerprint density at radius 1 is 0.300 bits per heavy atom. The third kappa shape index (κ3) is 5.72. The van der Waals surface area contributed by atoms with E-state index in [1.165, 1.54) is 5.39 Å². The summed E-state index contributed by atoms with van der Waals surface area (Å²) in [5.74, 6) is 1.63. The second-order valence-electron chi connectivity index (χ2n) is 17.9. The number of hydrogen-bond acceptors (Lipinski definition) is 5. The molecule has 0 radical (unpaired) electrons. The molecule has 7 nitrogen and oxygen atoms in total. The Morgan fingerprint density at radius 2 is 0.857 bits per heavy atom. The lowest BCUT2D eigenvalue weighted by Crippen LogP contribution is -2.07. The van der Waals surface area contributed by atoms with Crippen LogP contribution >= 0.6 is 0 Å². The molecular formula is C63H37N5O2. The van der Waals surface area contributed by atoms with Crippen LogP contribution in [0.25, 0.3) is 144 Å². The van der Waals surface area contributed by atoms with Crippen LogP contribution < -0.4 is 0 Å². The third-order valence-corrected chi connectivity index (χ3v) is 14.0. The van der Waals surface area contributed by atoms with Crippen molar-refractivity contribution in [2.75, 3.05) is 0 Å². The molecule has 15 rings (SSSR count). The van der Waals surface area contributed by atoms with E-state index in [9.17, 15) is 0 Å². The second kappa shape index (κ2) is 15.0. The van der Waals surface area contributed by atoms with E-state index in [1.807, 2.05) is 36.4 Å². The van der Waals surface area contributed by atoms with Crippen LogP contribution in [0.15, 0.2) is 233 Å². The fraction of sp³-hybridized carbons (Fsp3) is 0. The summed E-state index contributed by atoms with van der Waals surface area (Å²) in [6.07, 6.45) is 0. The molecule has 0 aliphatic heterocycles. The minimum Gasteiger partial charge on any atom is -0.456 e. The number of rotatable bonds is 6. The number of aromatic nitrogens is 5. The maximum absolute atomic E-state index is 6.67. The third-order valence-electron chi connectivity index (χ3n) is 14.0. The summed E-state index contributed by atoms with van der Waals surface area (Å²) in [5, 5.41) is 8.59. The number of nitrogens with zero attached hydrogens (tertiary/aromatic N) is 5. The van der Waals surface area contributed by atoms with Crippen LogP contribution in [0.3, 0.4) is 0 Å². The van der Waals surface area contributed by atoms with E-state index in [-0.39, 0.29) is 0 Å². The van der Waals surface area contributed by atoms with E-state index >= 15 is 0 Å². The summed E-state index contributed by atoms with van der Waals surface area (Å²) in [4.78, 5) is 16.2. The maximum Gasteiger partial charge on any atom is 0.238 e. The lowest BCUT2D eigenvalue weighted by atomic mass is 9.96. The number of hydrogen-bond donors (Lipinski definition) is 0. The first-order chi connectivity index (χ1) is 34.7. The van der Waals surface area contributed by atoms with Gasteiger partial charge in [0.2, 0.25) is 5.95 Å². The number of fused-ring (bicyclic) bond motifs is 13. The van der Waals surface area contributed by atoms with Crippen LogP contribution in [0.2, 0.25) is 0 Å². The summed E-state index contributed by atoms with van der Waals surface area (Å²) >= 11 is 0. The van der Waals surface area contributed by atoms with Gasteiger partial charge in [0, 0.05) is 59.9 Å². The van der Waals surface area contributed by atoms with Crippen molar-refractivity contribution in [3.8, 4) is 56.7 Å². The fourth-order valence-corrected chi connectivity index (χ4v) is 10.9. The molecule has 326 valence electrons. The SMILES string of the molecule is c1ccc(-c2ccc3c(c2)oc2cccc(-c4ccc5oc6cccc(-c7nc(-c8ccccc8)nc(-n8c9ccccc9c9ccc%10c%11ccccc%11n(-c%11ccccc%11)c%10c98)n7)c6c5c4)c23)cc1. The summed E-state index contributed by atoms with van der Waals surface area (Å²) in [6.45, 7) is 0. The molecule has 5 aromatic heterocycles. The van der Waals surface area contributed by atoms with Crippen LogP contribution in [0.5, 0.6) is 0 Å². The quantitative estimate of drug-likeness (QED) is 0.166. The Bertz CT molecular complexity index is 4580. The molecule has 0 amide bonds. The van der Waals surface area contributed by atoms with Gasteiger partial charge in [0.05, 0.1) is 22.1 Å². The van der Waals surface area contributed by atoms with Crippen molar-refractivity contribution in [3.05, 3.63) is 224 Å². The van der Waals surface area contributed by atoms with Gasteiger partial charge in [-0.25, -0.2) is 4.98 Å². The van der Waals surface area contributed by atoms with Crippen molar-refractivity contribution in [3.63, 3.8) is 0 Å². The first kappa shape index (κ1) is 38.5. The molecular weight excluding hydrogens is 859 g/mol. The lowest BCUT2D eigenvalue weighted by Gasteiger charge is -2.13. The lowest BCUT2D eigenvalue weighted by molar-refractivity contribution is 0.669. The minimum absolute atomic E-state index is 0.520. The molecule has 5 heterocycles. The zero-order chi connectivity index (χ0) is 45.9. The molecule has 15 aromatic rings. The fourth-order valence-electron chi connectivity index (χ4n) is 10.9. The van der Waals surface area contributed by atoms with Crippen LogP contribution in [0.4, 0.5) is 0 Å². The summed E-state index contributed by atoms with van der Waals surface area (Å²) in [7, 11) is 0. The standard InChI is InChI=1S/C63H37N5O2/c1-4-16-38(17-5-1)40-30-32-48-56(37-40)70-54-28-14-24-43(57(48)54)41-31-35-53-50(36-41)58-49(25-15-29-55(58)69-53)62-64-61(39-18-6-2-7-19-39)65-63(66-62)68-52-27-13-11-23-45(52)47-34-33-46-44-22-10-12-26-51(44)67(59(46)60(47)68)42-20-8-3-9-21-42/h1-37H. The Morgan fingerprint density at radius 3 is 1.59 bits per heavy atom. The molecule has 0 saturated heterocycles. The topological polar surface area (TPSA) is 74.8 Å². The first-order valence-corrected chi connectivity index (χ1v) is 23.5. The summed E-state index contributed by atoms with van der Waals surface area (Å²) < 4.78 is 17.9. The zero-order valence-corrected chi connectivity index (χ0v) is 37.4. The van der Waals surface area contributed by atoms with Crippen LogP contribution in [-0.4, -0.2) is 24.1 Å². The number of benzene rings is 10. The van der Waals surface area contributed by atoms with Gasteiger partial charge in [-0.3, -0.25) is 4.57 Å². The van der Waals surface area contributed by atoms with E-state index < -0.39 is 0 Å². The van der Waals surface area contributed by atoms with Gasteiger partial charge in [-0.15, -0.1) is 0 Å². The van der Waals surface area contributed by atoms with E-state index in [0.29, 0.717) is 17.6 Å². The van der Waals surface area contributed by atoms with Gasteiger partial charge in [-0.05, 0) is 82.9 Å². The van der Waals surface area contributed by atoms with E-state index in [1.54, 1.807) is 0 Å². The first-order valence-electron chi connectivity index (χ1n) is 23.5. The molecule has 70 heavy (non-hydrogen) atoms. The average molecular weight is 896 g/mol. The molecule has 0 aliphatic rings. The van der Waals surface area contributed by atoms with Crippen molar-refractivity contribution >= 4 is 87.5 Å². The van der Waals surface area contributed by atoms with Crippen molar-refractivity contribution in [1.82, 2.24) is 24.1 Å². The molecule has 0 saturated carbocycles. The molecule has 7 heteroatoms. The minimum atomic E-state index is 0.520. The van der Waals surface area contributed by atoms with Crippen molar-refractivity contribution < 1.29 is 8.83 Å². The summed E-state index contributed by atoms with van der Waals surface area (Å²) in [5.41, 5.74) is 14.7. The van der Waals surface area contributed by atoms with Crippen molar-refractivity contribution in [2.24, 2.45) is 0 Å². The molecule has 0 atom stereocenters. The van der Waals surface area contributed by atoms with Gasteiger partial charge in [-0.1, -0.05) is 164 Å². The molecule has 0 fully saturated rings. The Kier molecular flexibility index (Phi) is 8.23. The van der Waals surface area contributed by atoms with E-state index in [4.69, 9.17) is 23.8 Å². The maximum atomic E-state index is 6.67. The van der Waals surface area contributed by atoms with Crippen LogP contribution in [-0.2, 0) is 0 Å². The zero-order valence-electron chi connectivity index (χ0n) is 37.4. The second-order valence-corrected chi connectivity index (χ2v) is 17.9. The largest absolute Gasteiger partial charge is 0.456 e. The van der Waals surface area contributed by atoms with Gasteiger partial charge in [-0.2, -0.15) is 9.97 Å². The average Bonchev–Trinajstić information content (AvgIpc) is 4.19. The van der Waals surface area contributed by atoms with Gasteiger partial charge in [0.1, 0.15) is 22.3 Å². The molecule has 10 aromatic carbocycles. The van der Waals surface area contributed by atoms with Gasteiger partial charge < -0.3 is 13.4 Å². The highest BCUT2D eigenvalue weighted by molar-refractivity contribution is 6.24. The van der Waals surface area contributed by atoms with Crippen molar-refractivity contribution in [2.45, 2.75) is 0 Å². The molecule has 0 unspecified atom stereocenters. The smallest absolute Gasteiger partial charge is 0.238 e. The number of furan rings is 2. The van der Waals surface area contributed by atoms with Gasteiger partial charge >= 0.3 is 0 Å². The van der Waals surface area contributed by atoms with Crippen LogP contribution in [0.1, 0.15) is 0 Å². The van der Waals surface area contributed by atoms with E-state index in [0.717, 1.165) is 121 Å².